The Hall–Kier alpha value is -1.87. The van der Waals surface area contributed by atoms with Crippen molar-refractivity contribution in [2.75, 3.05) is 0 Å². The summed E-state index contributed by atoms with van der Waals surface area (Å²) in [6, 6.07) is 15.7. The standard InChI is InChI=1S/C17H16INO4S/c18-14-9-11-15(12-10-14)24(22,23)19-16(17(20)21)8-4-7-13-5-2-1-3-6-13/h1-3,5-6,8-12,19H,4,7H2,(H,20,21)/b16-8-. The number of sulfonamides is 1. The normalized spacial score (nSPS) is 12.0. The summed E-state index contributed by atoms with van der Waals surface area (Å²) in [5.41, 5.74) is 0.712. The van der Waals surface area contributed by atoms with Gasteiger partial charge in [-0.2, -0.15) is 0 Å². The van der Waals surface area contributed by atoms with Gasteiger partial charge in [-0.25, -0.2) is 13.2 Å². The van der Waals surface area contributed by atoms with Crippen LogP contribution < -0.4 is 4.72 Å². The van der Waals surface area contributed by atoms with Gasteiger partial charge in [0.05, 0.1) is 4.90 Å². The van der Waals surface area contributed by atoms with Crippen molar-refractivity contribution in [3.05, 3.63) is 75.5 Å². The zero-order chi connectivity index (χ0) is 17.6. The number of nitrogens with one attached hydrogen (secondary N) is 1. The fraction of sp³-hybridized carbons (Fsp3) is 0.118. The quantitative estimate of drug-likeness (QED) is 0.495. The van der Waals surface area contributed by atoms with Crippen molar-refractivity contribution in [3.63, 3.8) is 0 Å². The molecule has 0 heterocycles. The lowest BCUT2D eigenvalue weighted by Gasteiger charge is -2.09. The van der Waals surface area contributed by atoms with Crippen LogP contribution in [-0.2, 0) is 21.2 Å². The van der Waals surface area contributed by atoms with Crippen molar-refractivity contribution in [1.29, 1.82) is 0 Å². The van der Waals surface area contributed by atoms with E-state index in [9.17, 15) is 18.3 Å². The molecule has 0 unspecified atom stereocenters. The van der Waals surface area contributed by atoms with Crippen LogP contribution in [0.5, 0.6) is 0 Å². The van der Waals surface area contributed by atoms with Crippen molar-refractivity contribution in [3.8, 4) is 0 Å². The number of carbonyl (C=O) groups is 1. The van der Waals surface area contributed by atoms with Gasteiger partial charge < -0.3 is 5.11 Å². The molecule has 0 spiro atoms. The number of carboxylic acid groups (broad SMARTS) is 1. The van der Waals surface area contributed by atoms with E-state index in [1.165, 1.54) is 18.2 Å². The van der Waals surface area contributed by atoms with E-state index < -0.39 is 16.0 Å². The lowest BCUT2D eigenvalue weighted by Crippen LogP contribution is -2.27. The average molecular weight is 457 g/mol. The van der Waals surface area contributed by atoms with E-state index in [0.29, 0.717) is 12.8 Å². The van der Waals surface area contributed by atoms with Crippen LogP contribution in [0.4, 0.5) is 0 Å². The lowest BCUT2D eigenvalue weighted by molar-refractivity contribution is -0.132. The molecule has 0 aliphatic rings. The van der Waals surface area contributed by atoms with Crippen LogP contribution in [0.3, 0.4) is 0 Å². The molecular formula is C17H16INO4S. The first kappa shape index (κ1) is 18.5. The first-order chi connectivity index (χ1) is 11.4. The minimum Gasteiger partial charge on any atom is -0.477 e. The molecule has 5 nitrogen and oxygen atoms in total. The van der Waals surface area contributed by atoms with Gasteiger partial charge in [0.1, 0.15) is 5.70 Å². The fourth-order valence-electron chi connectivity index (χ4n) is 2.02. The average Bonchev–Trinajstić information content (AvgIpc) is 2.55. The van der Waals surface area contributed by atoms with Gasteiger partial charge in [-0.1, -0.05) is 36.4 Å². The van der Waals surface area contributed by atoms with E-state index in [-0.39, 0.29) is 10.6 Å². The molecule has 0 fully saturated rings. The largest absolute Gasteiger partial charge is 0.477 e. The van der Waals surface area contributed by atoms with Crippen LogP contribution in [0.25, 0.3) is 0 Å². The molecule has 7 heteroatoms. The van der Waals surface area contributed by atoms with Crippen LogP contribution in [0.15, 0.2) is 71.3 Å². The van der Waals surface area contributed by atoms with E-state index in [2.05, 4.69) is 27.3 Å². The Morgan fingerprint density at radius 1 is 1.08 bits per heavy atom. The molecule has 126 valence electrons. The van der Waals surface area contributed by atoms with Crippen molar-refractivity contribution in [2.24, 2.45) is 0 Å². The minimum atomic E-state index is -3.92. The number of aryl methyl sites for hydroxylation is 1. The molecule has 0 saturated heterocycles. The molecule has 0 atom stereocenters. The molecule has 2 aromatic carbocycles. The summed E-state index contributed by atoms with van der Waals surface area (Å²) in [7, 11) is -3.92. The van der Waals surface area contributed by atoms with Gasteiger partial charge >= 0.3 is 5.97 Å². The van der Waals surface area contributed by atoms with Crippen LogP contribution in [0, 0.1) is 3.57 Å². The van der Waals surface area contributed by atoms with Gasteiger partial charge in [0.15, 0.2) is 0 Å². The predicted molar refractivity (Wildman–Crippen MR) is 100.0 cm³/mol. The number of benzene rings is 2. The Balaban J connectivity index is 2.11. The SMILES string of the molecule is O=C(O)/C(=C/CCc1ccccc1)NS(=O)(=O)c1ccc(I)cc1. The summed E-state index contributed by atoms with van der Waals surface area (Å²) >= 11 is 2.06. The summed E-state index contributed by atoms with van der Waals surface area (Å²) in [6.45, 7) is 0. The summed E-state index contributed by atoms with van der Waals surface area (Å²) in [5, 5.41) is 9.23. The van der Waals surface area contributed by atoms with Gasteiger partial charge in [0.25, 0.3) is 10.0 Å². The highest BCUT2D eigenvalue weighted by atomic mass is 127. The smallest absolute Gasteiger partial charge is 0.352 e. The molecule has 0 bridgehead atoms. The Bertz CT molecular complexity index is 831. The Morgan fingerprint density at radius 2 is 1.71 bits per heavy atom. The molecular weight excluding hydrogens is 441 g/mol. The Kier molecular flexibility index (Phi) is 6.38. The third-order valence-electron chi connectivity index (χ3n) is 3.22. The number of carboxylic acids is 1. The van der Waals surface area contributed by atoms with E-state index in [1.54, 1.807) is 12.1 Å². The molecule has 2 rings (SSSR count). The topological polar surface area (TPSA) is 83.5 Å². The molecule has 0 radical (unpaired) electrons. The molecule has 0 saturated carbocycles. The van der Waals surface area contributed by atoms with E-state index in [1.807, 2.05) is 30.3 Å². The maximum atomic E-state index is 12.3. The second kappa shape index (κ2) is 8.29. The van der Waals surface area contributed by atoms with Crippen LogP contribution in [-0.4, -0.2) is 19.5 Å². The third-order valence-corrected chi connectivity index (χ3v) is 5.32. The number of hydrogen-bond donors (Lipinski definition) is 2. The van der Waals surface area contributed by atoms with Crippen molar-refractivity contribution < 1.29 is 18.3 Å². The maximum Gasteiger partial charge on any atom is 0.352 e. The summed E-state index contributed by atoms with van der Waals surface area (Å²) < 4.78 is 27.6. The first-order valence-electron chi connectivity index (χ1n) is 7.14. The number of hydrogen-bond acceptors (Lipinski definition) is 3. The Morgan fingerprint density at radius 3 is 2.29 bits per heavy atom. The van der Waals surface area contributed by atoms with Gasteiger partial charge in [-0.05, 0) is 65.3 Å². The summed E-state index contributed by atoms with van der Waals surface area (Å²) in [5.74, 6) is -1.31. The molecule has 2 N–H and O–H groups in total. The van der Waals surface area contributed by atoms with Gasteiger partial charge in [0, 0.05) is 3.57 Å². The molecule has 0 aliphatic heterocycles. The lowest BCUT2D eigenvalue weighted by atomic mass is 10.1. The summed E-state index contributed by atoms with van der Waals surface area (Å²) in [4.78, 5) is 11.3. The van der Waals surface area contributed by atoms with Gasteiger partial charge in [0.2, 0.25) is 0 Å². The second-order valence-corrected chi connectivity index (χ2v) is 7.93. The summed E-state index contributed by atoms with van der Waals surface area (Å²) in [6.07, 6.45) is 2.43. The van der Waals surface area contributed by atoms with Crippen LogP contribution >= 0.6 is 22.6 Å². The van der Waals surface area contributed by atoms with Crippen LogP contribution in [0.1, 0.15) is 12.0 Å². The highest BCUT2D eigenvalue weighted by molar-refractivity contribution is 14.1. The van der Waals surface area contributed by atoms with Gasteiger partial charge in [-0.15, -0.1) is 0 Å². The third kappa shape index (κ3) is 5.34. The van der Waals surface area contributed by atoms with Crippen molar-refractivity contribution in [1.82, 2.24) is 4.72 Å². The molecule has 0 amide bonds. The molecule has 0 aromatic heterocycles. The number of allylic oxidation sites excluding steroid dienone is 1. The van der Waals surface area contributed by atoms with E-state index in [4.69, 9.17) is 0 Å². The monoisotopic (exact) mass is 457 g/mol. The predicted octanol–water partition coefficient (Wildman–Crippen LogP) is 3.17. The molecule has 0 aliphatic carbocycles. The zero-order valence-corrected chi connectivity index (χ0v) is 15.6. The Labute approximate surface area is 154 Å². The highest BCUT2D eigenvalue weighted by Crippen LogP contribution is 2.13. The van der Waals surface area contributed by atoms with E-state index >= 15 is 0 Å². The minimum absolute atomic E-state index is 0.0260. The molecule has 24 heavy (non-hydrogen) atoms. The van der Waals surface area contributed by atoms with Crippen LogP contribution in [0.2, 0.25) is 0 Å². The van der Waals surface area contributed by atoms with Crippen molar-refractivity contribution >= 4 is 38.6 Å². The zero-order valence-electron chi connectivity index (χ0n) is 12.6. The number of aliphatic carboxylic acids is 1. The molecule has 2 aromatic rings. The van der Waals surface area contributed by atoms with Crippen molar-refractivity contribution in [2.45, 2.75) is 17.7 Å². The maximum absolute atomic E-state index is 12.3. The van der Waals surface area contributed by atoms with E-state index in [0.717, 1.165) is 9.13 Å². The number of rotatable bonds is 7. The fourth-order valence-corrected chi connectivity index (χ4v) is 3.45. The van der Waals surface area contributed by atoms with Gasteiger partial charge in [-0.3, -0.25) is 4.72 Å². The highest BCUT2D eigenvalue weighted by Gasteiger charge is 2.18. The number of halogens is 1. The second-order valence-electron chi connectivity index (χ2n) is 5.01. The first-order valence-corrected chi connectivity index (χ1v) is 9.70.